The number of anilines is 1. The van der Waals surface area contributed by atoms with Crippen LogP contribution in [0, 0.1) is 11.3 Å². The van der Waals surface area contributed by atoms with Crippen molar-refractivity contribution >= 4 is 34.6 Å². The second-order valence-corrected chi connectivity index (χ2v) is 4.52. The fourth-order valence-electron chi connectivity index (χ4n) is 1.72. The van der Waals surface area contributed by atoms with Gasteiger partial charge in [-0.05, 0) is 6.07 Å². The molecule has 1 atom stereocenters. The summed E-state index contributed by atoms with van der Waals surface area (Å²) < 4.78 is 0. The Morgan fingerprint density at radius 3 is 2.88 bits per heavy atom. The largest absolute Gasteiger partial charge is 0.396 e. The van der Waals surface area contributed by atoms with Gasteiger partial charge in [0, 0.05) is 18.2 Å². The molecule has 0 aromatic carbocycles. The molecular formula is C10H11Cl2N3O. The van der Waals surface area contributed by atoms with Crippen molar-refractivity contribution in [3.05, 3.63) is 22.4 Å². The minimum Gasteiger partial charge on any atom is -0.396 e. The van der Waals surface area contributed by atoms with Crippen LogP contribution in [0.4, 0.5) is 5.69 Å². The SMILES string of the molecule is N=C1CN(c2cnc(Cl)c(Cl)c2)C[C@@H]1CO. The highest BCUT2D eigenvalue weighted by Crippen LogP contribution is 2.27. The molecule has 86 valence electrons. The van der Waals surface area contributed by atoms with Crippen LogP contribution in [0.15, 0.2) is 12.3 Å². The highest BCUT2D eigenvalue weighted by Gasteiger charge is 2.27. The number of aliphatic hydroxyl groups excluding tert-OH is 1. The van der Waals surface area contributed by atoms with Gasteiger partial charge in [0.1, 0.15) is 5.15 Å². The quantitative estimate of drug-likeness (QED) is 0.797. The number of hydrogen-bond acceptors (Lipinski definition) is 4. The van der Waals surface area contributed by atoms with E-state index in [1.807, 2.05) is 4.90 Å². The molecule has 2 heterocycles. The fourth-order valence-corrected chi connectivity index (χ4v) is 1.99. The van der Waals surface area contributed by atoms with Crippen molar-refractivity contribution in [2.75, 3.05) is 24.6 Å². The van der Waals surface area contributed by atoms with Crippen molar-refractivity contribution in [3.63, 3.8) is 0 Å². The minimum absolute atomic E-state index is 0.00405. The third kappa shape index (κ3) is 2.14. The zero-order valence-corrected chi connectivity index (χ0v) is 9.96. The first-order valence-corrected chi connectivity index (χ1v) is 5.61. The van der Waals surface area contributed by atoms with Crippen molar-refractivity contribution in [1.29, 1.82) is 5.41 Å². The zero-order chi connectivity index (χ0) is 11.7. The van der Waals surface area contributed by atoms with E-state index in [2.05, 4.69) is 4.98 Å². The number of hydrogen-bond donors (Lipinski definition) is 2. The summed E-state index contributed by atoms with van der Waals surface area (Å²) in [5, 5.41) is 17.4. The molecule has 0 radical (unpaired) electrons. The number of pyridine rings is 1. The van der Waals surface area contributed by atoms with E-state index in [1.54, 1.807) is 12.3 Å². The zero-order valence-electron chi connectivity index (χ0n) is 8.45. The molecular weight excluding hydrogens is 249 g/mol. The van der Waals surface area contributed by atoms with Crippen molar-refractivity contribution in [1.82, 2.24) is 4.98 Å². The molecule has 1 fully saturated rings. The summed E-state index contributed by atoms with van der Waals surface area (Å²) in [5.41, 5.74) is 1.36. The lowest BCUT2D eigenvalue weighted by atomic mass is 10.1. The van der Waals surface area contributed by atoms with Gasteiger partial charge >= 0.3 is 0 Å². The molecule has 6 heteroatoms. The Hall–Kier alpha value is -0.840. The lowest BCUT2D eigenvalue weighted by molar-refractivity contribution is 0.267. The van der Waals surface area contributed by atoms with Gasteiger partial charge in [-0.3, -0.25) is 0 Å². The van der Waals surface area contributed by atoms with Gasteiger partial charge in [-0.2, -0.15) is 0 Å². The molecule has 1 aromatic heterocycles. The second kappa shape index (κ2) is 4.57. The fraction of sp³-hybridized carbons (Fsp3) is 0.400. The first kappa shape index (κ1) is 11.6. The molecule has 4 nitrogen and oxygen atoms in total. The van der Waals surface area contributed by atoms with Crippen LogP contribution in [0.5, 0.6) is 0 Å². The van der Waals surface area contributed by atoms with Crippen LogP contribution in [0.1, 0.15) is 0 Å². The van der Waals surface area contributed by atoms with E-state index < -0.39 is 0 Å². The van der Waals surface area contributed by atoms with Gasteiger partial charge in [-0.1, -0.05) is 23.2 Å². The molecule has 0 unspecified atom stereocenters. The van der Waals surface area contributed by atoms with Crippen LogP contribution in [-0.4, -0.2) is 35.5 Å². The molecule has 2 N–H and O–H groups in total. The van der Waals surface area contributed by atoms with Crippen LogP contribution in [0.3, 0.4) is 0 Å². The normalized spacial score (nSPS) is 20.6. The number of aromatic nitrogens is 1. The van der Waals surface area contributed by atoms with Crippen LogP contribution in [0.25, 0.3) is 0 Å². The first-order chi connectivity index (χ1) is 7.61. The van der Waals surface area contributed by atoms with Crippen molar-refractivity contribution < 1.29 is 5.11 Å². The predicted molar refractivity (Wildman–Crippen MR) is 64.8 cm³/mol. The van der Waals surface area contributed by atoms with Crippen molar-refractivity contribution in [3.8, 4) is 0 Å². The summed E-state index contributed by atoms with van der Waals surface area (Å²) in [6.07, 6.45) is 1.63. The van der Waals surface area contributed by atoms with Gasteiger partial charge in [0.2, 0.25) is 0 Å². The third-order valence-electron chi connectivity index (χ3n) is 2.66. The first-order valence-electron chi connectivity index (χ1n) is 4.86. The molecule has 1 saturated heterocycles. The summed E-state index contributed by atoms with van der Waals surface area (Å²) in [6, 6.07) is 1.73. The maximum absolute atomic E-state index is 9.07. The molecule has 16 heavy (non-hydrogen) atoms. The monoisotopic (exact) mass is 259 g/mol. The molecule has 0 bridgehead atoms. The molecule has 1 aliphatic rings. The highest BCUT2D eigenvalue weighted by molar-refractivity contribution is 6.41. The average Bonchev–Trinajstić information content (AvgIpc) is 2.64. The molecule has 1 aromatic rings. The predicted octanol–water partition coefficient (Wildman–Crippen LogP) is 1.84. The van der Waals surface area contributed by atoms with E-state index in [0.29, 0.717) is 23.8 Å². The lowest BCUT2D eigenvalue weighted by Gasteiger charge is -2.17. The van der Waals surface area contributed by atoms with Gasteiger partial charge in [-0.15, -0.1) is 0 Å². The number of nitrogens with one attached hydrogen (secondary N) is 1. The molecule has 0 spiro atoms. The maximum atomic E-state index is 9.07. The Morgan fingerprint density at radius 1 is 1.56 bits per heavy atom. The number of halogens is 2. The summed E-state index contributed by atoms with van der Waals surface area (Å²) in [6.45, 7) is 1.13. The van der Waals surface area contributed by atoms with Crippen LogP contribution >= 0.6 is 23.2 Å². The Kier molecular flexibility index (Phi) is 3.33. The Labute approximate surface area is 103 Å². The topological polar surface area (TPSA) is 60.2 Å². The minimum atomic E-state index is -0.0885. The molecule has 2 rings (SSSR count). The van der Waals surface area contributed by atoms with E-state index in [4.69, 9.17) is 33.7 Å². The Bertz CT molecular complexity index is 425. The maximum Gasteiger partial charge on any atom is 0.147 e. The number of rotatable bonds is 2. The lowest BCUT2D eigenvalue weighted by Crippen LogP contribution is -2.20. The van der Waals surface area contributed by atoms with Crippen LogP contribution < -0.4 is 4.90 Å². The average molecular weight is 260 g/mol. The smallest absolute Gasteiger partial charge is 0.147 e. The Morgan fingerprint density at radius 2 is 2.31 bits per heavy atom. The third-order valence-corrected chi connectivity index (χ3v) is 3.35. The number of nitrogens with zero attached hydrogens (tertiary/aromatic N) is 2. The summed E-state index contributed by atoms with van der Waals surface area (Å²) >= 11 is 11.6. The van der Waals surface area contributed by atoms with Gasteiger partial charge in [0.05, 0.1) is 30.1 Å². The molecule has 1 aliphatic heterocycles. The van der Waals surface area contributed by atoms with Gasteiger partial charge in [0.15, 0.2) is 0 Å². The molecule has 0 saturated carbocycles. The number of aliphatic hydroxyl groups is 1. The van der Waals surface area contributed by atoms with E-state index in [-0.39, 0.29) is 17.7 Å². The van der Waals surface area contributed by atoms with Gasteiger partial charge in [-0.25, -0.2) is 4.98 Å². The van der Waals surface area contributed by atoms with Crippen molar-refractivity contribution in [2.45, 2.75) is 0 Å². The molecule has 0 amide bonds. The van der Waals surface area contributed by atoms with Crippen LogP contribution in [-0.2, 0) is 0 Å². The van der Waals surface area contributed by atoms with E-state index >= 15 is 0 Å². The second-order valence-electron chi connectivity index (χ2n) is 3.75. The van der Waals surface area contributed by atoms with E-state index in [1.165, 1.54) is 0 Å². The highest BCUT2D eigenvalue weighted by atomic mass is 35.5. The van der Waals surface area contributed by atoms with E-state index in [0.717, 1.165) is 5.69 Å². The molecule has 0 aliphatic carbocycles. The summed E-state index contributed by atoms with van der Waals surface area (Å²) in [4.78, 5) is 5.91. The van der Waals surface area contributed by atoms with Crippen LogP contribution in [0.2, 0.25) is 10.2 Å². The summed E-state index contributed by atoms with van der Waals surface area (Å²) in [5.74, 6) is -0.0885. The van der Waals surface area contributed by atoms with Gasteiger partial charge in [0.25, 0.3) is 0 Å². The summed E-state index contributed by atoms with van der Waals surface area (Å²) in [7, 11) is 0. The Balaban J connectivity index is 2.20. The van der Waals surface area contributed by atoms with E-state index in [9.17, 15) is 0 Å². The van der Waals surface area contributed by atoms with Crippen molar-refractivity contribution in [2.24, 2.45) is 5.92 Å². The standard InChI is InChI=1S/C10H11Cl2N3O/c11-8-1-7(2-14-10(8)12)15-3-6(5-16)9(13)4-15/h1-2,6,13,16H,3-5H2/t6-/m1/s1. The van der Waals surface area contributed by atoms with Gasteiger partial charge < -0.3 is 15.4 Å².